The second kappa shape index (κ2) is 3.71. The molecule has 3 nitrogen and oxygen atoms in total. The van der Waals surface area contributed by atoms with Crippen LogP contribution in [-0.2, 0) is 9.15 Å². The fourth-order valence-electron chi connectivity index (χ4n) is 0. The minimum atomic E-state index is -3.97. The van der Waals surface area contributed by atoms with Crippen LogP contribution in [0.2, 0.25) is 0 Å². The van der Waals surface area contributed by atoms with Crippen LogP contribution >= 0.6 is 11.7 Å². The van der Waals surface area contributed by atoms with E-state index in [1.54, 1.807) is 0 Å². The molecule has 1 N–H and O–H groups in total. The Morgan fingerprint density at radius 1 is 1.50 bits per heavy atom. The van der Waals surface area contributed by atoms with E-state index >= 15 is 0 Å². The van der Waals surface area contributed by atoms with Crippen LogP contribution < -0.4 is 0 Å². The molecular weight excluding hydrogens is 200 g/mol. The molecule has 6 heteroatoms. The number of thiol groups is 1. The summed E-state index contributed by atoms with van der Waals surface area (Å²) >= 11 is 2.65. The molecule has 0 aromatic heterocycles. The third kappa shape index (κ3) is 42.6. The number of hydrogen-bond donors (Lipinski definition) is 2. The van der Waals surface area contributed by atoms with Crippen LogP contribution in [0.3, 0.4) is 0 Å². The van der Waals surface area contributed by atoms with E-state index in [9.17, 15) is 0 Å². The van der Waals surface area contributed by atoms with Crippen LogP contribution in [0.1, 0.15) is 0 Å². The third-order valence-corrected chi connectivity index (χ3v) is 0. The Morgan fingerprint density at radius 2 is 1.50 bits per heavy atom. The van der Waals surface area contributed by atoms with E-state index in [1.165, 1.54) is 0 Å². The van der Waals surface area contributed by atoms with Gasteiger partial charge < -0.3 is 0 Å². The zero-order valence-corrected chi connectivity index (χ0v) is 3.83. The first-order valence-corrected chi connectivity index (χ1v) is 3.19. The van der Waals surface area contributed by atoms with Crippen molar-refractivity contribution in [2.24, 2.45) is 0 Å². The van der Waals surface area contributed by atoms with E-state index in [-0.39, 0.29) is 45.5 Å². The molecule has 0 radical (unpaired) electrons. The summed E-state index contributed by atoms with van der Waals surface area (Å²) in [5, 5.41) is 0. The molecule has 6 heavy (non-hydrogen) atoms. The van der Waals surface area contributed by atoms with Gasteiger partial charge in [-0.1, -0.05) is 0 Å². The van der Waals surface area contributed by atoms with Gasteiger partial charge in [-0.3, -0.25) is 4.55 Å². The molecule has 0 rings (SSSR count). The maximum absolute atomic E-state index is 9.05. The molecule has 0 aliphatic carbocycles. The summed E-state index contributed by atoms with van der Waals surface area (Å²) in [4.78, 5) is 0. The van der Waals surface area contributed by atoms with Crippen molar-refractivity contribution >= 4 is 66.3 Å². The summed E-state index contributed by atoms with van der Waals surface area (Å²) < 4.78 is 25.5. The van der Waals surface area contributed by atoms with Gasteiger partial charge in [0.2, 0.25) is 0 Å². The first kappa shape index (κ1) is 10.7. The summed E-state index contributed by atoms with van der Waals surface area (Å²) in [7, 11) is -3.97. The topological polar surface area (TPSA) is 54.4 Å². The maximum atomic E-state index is 9.05. The van der Waals surface area contributed by atoms with Gasteiger partial charge in [-0.15, -0.1) is 0 Å². The fourth-order valence-corrected chi connectivity index (χ4v) is 0. The van der Waals surface area contributed by atoms with Crippen LogP contribution in [0.5, 0.6) is 0 Å². The Balaban J connectivity index is 0. The van der Waals surface area contributed by atoms with Gasteiger partial charge in [-0.2, -0.15) is 8.42 Å². The molecule has 36 valence electrons. The summed E-state index contributed by atoms with van der Waals surface area (Å²) in [6.45, 7) is 0. The Morgan fingerprint density at radius 3 is 1.50 bits per heavy atom. The van der Waals surface area contributed by atoms with Crippen molar-refractivity contribution in [2.45, 2.75) is 0 Å². The van der Waals surface area contributed by atoms with E-state index in [1.807, 2.05) is 0 Å². The molecule has 0 aliphatic rings. The molecule has 0 saturated carbocycles. The molecule has 0 aromatic rings. The molecule has 0 saturated heterocycles. The Kier molecular flexibility index (Phi) is 6.59. The summed E-state index contributed by atoms with van der Waals surface area (Å²) in [5.74, 6) is 0. The van der Waals surface area contributed by atoms with Gasteiger partial charge in [0.05, 0.1) is 0 Å². The first-order valence-electron chi connectivity index (χ1n) is 0.698. The van der Waals surface area contributed by atoms with Crippen molar-refractivity contribution in [1.82, 2.24) is 0 Å². The first-order chi connectivity index (χ1) is 2.00. The molecule has 0 fully saturated rings. The Hall–Kier alpha value is 1.74. The van der Waals surface area contributed by atoms with Crippen molar-refractivity contribution in [3.8, 4) is 0 Å². The molecule has 0 atom stereocenters. The van der Waals surface area contributed by atoms with Gasteiger partial charge in [-0.25, -0.2) is 0 Å². The van der Waals surface area contributed by atoms with Crippen molar-refractivity contribution in [3.63, 3.8) is 0 Å². The van der Waals surface area contributed by atoms with Crippen molar-refractivity contribution < 1.29 is 13.0 Å². The van der Waals surface area contributed by atoms with Gasteiger partial charge in [0.25, 0.3) is 0 Å². The molecule has 0 aromatic carbocycles. The van der Waals surface area contributed by atoms with E-state index in [0.717, 1.165) is 0 Å². The molecule has 0 bridgehead atoms. The summed E-state index contributed by atoms with van der Waals surface area (Å²) in [5.41, 5.74) is 0. The van der Waals surface area contributed by atoms with Crippen LogP contribution in [0, 0.1) is 0 Å². The van der Waals surface area contributed by atoms with E-state index in [4.69, 9.17) is 13.0 Å². The second-order valence-electron chi connectivity index (χ2n) is 0.448. The Bertz CT molecular complexity index is 92.0. The molecular formula is H4O3S2Sr. The second-order valence-corrected chi connectivity index (χ2v) is 2.73. The number of rotatable bonds is 0. The standard InChI is InChI=1S/H2O3S2.Sr.2H/c1-5(2,3)4;;;/h(H2,1,2,3,4);;;. The fraction of sp³-hybridized carbons (Fsp3) is 0. The molecule has 0 amide bonds. The van der Waals surface area contributed by atoms with Crippen LogP contribution in [0.4, 0.5) is 0 Å². The van der Waals surface area contributed by atoms with E-state index < -0.39 is 9.15 Å². The predicted octanol–water partition coefficient (Wildman–Crippen LogP) is -1.20. The van der Waals surface area contributed by atoms with Crippen LogP contribution in [0.25, 0.3) is 0 Å². The van der Waals surface area contributed by atoms with Gasteiger partial charge in [0.15, 0.2) is 0 Å². The van der Waals surface area contributed by atoms with Crippen molar-refractivity contribution in [1.29, 1.82) is 0 Å². The van der Waals surface area contributed by atoms with Gasteiger partial charge in [0, 0.05) is 0 Å². The minimum absolute atomic E-state index is 0. The van der Waals surface area contributed by atoms with Crippen LogP contribution in [0.15, 0.2) is 0 Å². The van der Waals surface area contributed by atoms with Crippen LogP contribution in [-0.4, -0.2) is 58.5 Å². The molecule has 0 aliphatic heterocycles. The molecule has 0 spiro atoms. The SMILES string of the molecule is O=S(=O)(O)S.[SrH2]. The summed E-state index contributed by atoms with van der Waals surface area (Å²) in [6, 6.07) is 0. The zero-order chi connectivity index (χ0) is 4.50. The van der Waals surface area contributed by atoms with E-state index in [0.29, 0.717) is 0 Å². The third-order valence-electron chi connectivity index (χ3n) is 0. The van der Waals surface area contributed by atoms with Crippen molar-refractivity contribution in [2.75, 3.05) is 0 Å². The normalized spacial score (nSPS) is 9.67. The monoisotopic (exact) mass is 204 g/mol. The average Bonchev–Trinajstić information content (AvgIpc) is 0.722. The van der Waals surface area contributed by atoms with Gasteiger partial charge in [0.1, 0.15) is 0 Å². The van der Waals surface area contributed by atoms with Gasteiger partial charge in [-0.05, 0) is 11.7 Å². The molecule has 0 unspecified atom stereocenters. The van der Waals surface area contributed by atoms with Gasteiger partial charge >= 0.3 is 54.6 Å². The summed E-state index contributed by atoms with van der Waals surface area (Å²) in [6.07, 6.45) is 0. The van der Waals surface area contributed by atoms with E-state index in [2.05, 4.69) is 11.7 Å². The number of hydrogen-bond acceptors (Lipinski definition) is 2. The predicted molar refractivity (Wildman–Crippen MR) is 29.1 cm³/mol. The average molecular weight is 204 g/mol. The molecule has 0 heterocycles. The van der Waals surface area contributed by atoms with Crippen molar-refractivity contribution in [3.05, 3.63) is 0 Å². The quantitative estimate of drug-likeness (QED) is 0.225. The zero-order valence-electron chi connectivity index (χ0n) is 2.12. The Labute approximate surface area is 77.9 Å².